The first-order chi connectivity index (χ1) is 8.74. The van der Waals surface area contributed by atoms with Crippen molar-refractivity contribution < 1.29 is 13.9 Å². The smallest absolute Gasteiger partial charge is 0.191 e. The van der Waals surface area contributed by atoms with Gasteiger partial charge in [-0.3, -0.25) is 0 Å². The lowest BCUT2D eigenvalue weighted by Crippen LogP contribution is -2.41. The van der Waals surface area contributed by atoms with Crippen LogP contribution < -0.4 is 0 Å². The predicted molar refractivity (Wildman–Crippen MR) is 83.9 cm³/mol. The molecule has 0 aliphatic heterocycles. The van der Waals surface area contributed by atoms with Crippen LogP contribution in [-0.4, -0.2) is 34.9 Å². The van der Waals surface area contributed by atoms with E-state index >= 15 is 0 Å². The van der Waals surface area contributed by atoms with Gasteiger partial charge in [0.1, 0.15) is 6.79 Å². The van der Waals surface area contributed by atoms with Crippen molar-refractivity contribution in [1.29, 1.82) is 0 Å². The average molecular weight is 289 g/mol. The molecule has 3 nitrogen and oxygen atoms in total. The van der Waals surface area contributed by atoms with Crippen LogP contribution in [0.4, 0.5) is 0 Å². The molecule has 0 saturated heterocycles. The first kappa shape index (κ1) is 18.8. The van der Waals surface area contributed by atoms with E-state index in [0.29, 0.717) is 6.79 Å². The molecule has 0 rings (SSSR count). The molecular formula is C15H32O3Si. The Balaban J connectivity index is 3.96. The highest BCUT2D eigenvalue weighted by Crippen LogP contribution is 2.36. The fourth-order valence-electron chi connectivity index (χ4n) is 1.47. The lowest BCUT2D eigenvalue weighted by atomic mass is 10.1. The van der Waals surface area contributed by atoms with E-state index in [1.807, 2.05) is 6.08 Å². The Hall–Kier alpha value is -0.163. The summed E-state index contributed by atoms with van der Waals surface area (Å²) in [5, 5.41) is 0.278. The van der Waals surface area contributed by atoms with E-state index in [2.05, 4.69) is 40.4 Å². The molecule has 0 aromatic carbocycles. The van der Waals surface area contributed by atoms with Crippen LogP contribution in [0.1, 0.15) is 40.0 Å². The van der Waals surface area contributed by atoms with Gasteiger partial charge in [0, 0.05) is 13.7 Å². The van der Waals surface area contributed by atoms with Crippen molar-refractivity contribution in [1.82, 2.24) is 0 Å². The maximum Gasteiger partial charge on any atom is 0.191 e. The van der Waals surface area contributed by atoms with Crippen molar-refractivity contribution in [3.63, 3.8) is 0 Å². The van der Waals surface area contributed by atoms with Crippen molar-refractivity contribution in [2.45, 2.75) is 64.3 Å². The Bertz CT molecular complexity index is 246. The molecule has 0 aliphatic carbocycles. The zero-order valence-corrected chi connectivity index (χ0v) is 14.6. The lowest BCUT2D eigenvalue weighted by Gasteiger charge is -2.36. The van der Waals surface area contributed by atoms with Crippen LogP contribution in [0.2, 0.25) is 18.1 Å². The van der Waals surface area contributed by atoms with E-state index in [-0.39, 0.29) is 11.1 Å². The van der Waals surface area contributed by atoms with Crippen LogP contribution in [0, 0.1) is 0 Å². The average Bonchev–Trinajstić information content (AvgIpc) is 2.29. The molecule has 0 bridgehead atoms. The molecule has 0 aromatic rings. The molecule has 0 fully saturated rings. The molecule has 0 saturated carbocycles. The quantitative estimate of drug-likeness (QED) is 0.259. The van der Waals surface area contributed by atoms with Crippen LogP contribution in [0.3, 0.4) is 0 Å². The van der Waals surface area contributed by atoms with Crippen molar-refractivity contribution in [3.8, 4) is 0 Å². The van der Waals surface area contributed by atoms with Gasteiger partial charge in [0.15, 0.2) is 8.32 Å². The molecule has 0 unspecified atom stereocenters. The fourth-order valence-corrected chi connectivity index (χ4v) is 2.56. The summed E-state index contributed by atoms with van der Waals surface area (Å²) in [4.78, 5) is 0. The third kappa shape index (κ3) is 7.87. The number of methoxy groups -OCH3 is 1. The molecule has 0 heterocycles. The van der Waals surface area contributed by atoms with Crippen molar-refractivity contribution in [2.24, 2.45) is 0 Å². The Kier molecular flexibility index (Phi) is 8.82. The minimum absolute atomic E-state index is 0.195. The molecule has 19 heavy (non-hydrogen) atoms. The molecular weight excluding hydrogens is 256 g/mol. The van der Waals surface area contributed by atoms with E-state index < -0.39 is 8.32 Å². The maximum atomic E-state index is 6.15. The highest BCUT2D eigenvalue weighted by molar-refractivity contribution is 6.74. The van der Waals surface area contributed by atoms with Crippen molar-refractivity contribution in [2.75, 3.05) is 20.5 Å². The Morgan fingerprint density at radius 3 is 2.37 bits per heavy atom. The highest BCUT2D eigenvalue weighted by Gasteiger charge is 2.36. The molecule has 0 amide bonds. The van der Waals surface area contributed by atoms with Gasteiger partial charge in [-0.15, -0.1) is 6.58 Å². The van der Waals surface area contributed by atoms with Gasteiger partial charge in [0.2, 0.25) is 0 Å². The standard InChI is InChI=1S/C15H32O3Si/c1-8-10-14(17-13-16-5)11-9-12-18-19(6,7)15(2,3)4/h8,14H,1,9-13H2,2-7H3/t14-/m0/s1. The normalized spacial score (nSPS) is 14.4. The van der Waals surface area contributed by atoms with Crippen LogP contribution in [0.15, 0.2) is 12.7 Å². The maximum absolute atomic E-state index is 6.15. The van der Waals surface area contributed by atoms with Crippen LogP contribution in [0.5, 0.6) is 0 Å². The Morgan fingerprint density at radius 2 is 1.89 bits per heavy atom. The largest absolute Gasteiger partial charge is 0.417 e. The minimum Gasteiger partial charge on any atom is -0.417 e. The first-order valence-electron chi connectivity index (χ1n) is 7.10. The van der Waals surface area contributed by atoms with Crippen LogP contribution >= 0.6 is 0 Å². The summed E-state index contributed by atoms with van der Waals surface area (Å²) in [5.41, 5.74) is 0. The molecule has 0 aliphatic rings. The summed E-state index contributed by atoms with van der Waals surface area (Å²) in [6, 6.07) is 0. The summed E-state index contributed by atoms with van der Waals surface area (Å²) in [5.74, 6) is 0. The zero-order chi connectivity index (χ0) is 14.9. The summed E-state index contributed by atoms with van der Waals surface area (Å²) >= 11 is 0. The predicted octanol–water partition coefficient (Wildman–Crippen LogP) is 4.35. The van der Waals surface area contributed by atoms with Gasteiger partial charge in [-0.25, -0.2) is 0 Å². The first-order valence-corrected chi connectivity index (χ1v) is 10.0. The van der Waals surface area contributed by atoms with Gasteiger partial charge in [0.05, 0.1) is 6.10 Å². The van der Waals surface area contributed by atoms with E-state index in [0.717, 1.165) is 25.9 Å². The summed E-state index contributed by atoms with van der Waals surface area (Å²) in [6.07, 6.45) is 4.97. The lowest BCUT2D eigenvalue weighted by molar-refractivity contribution is -0.0738. The monoisotopic (exact) mass is 288 g/mol. The summed E-state index contributed by atoms with van der Waals surface area (Å²) in [7, 11) is 0.0379. The van der Waals surface area contributed by atoms with Crippen molar-refractivity contribution >= 4 is 8.32 Å². The van der Waals surface area contributed by atoms with E-state index in [1.165, 1.54) is 0 Å². The molecule has 0 aromatic heterocycles. The van der Waals surface area contributed by atoms with E-state index in [4.69, 9.17) is 13.9 Å². The fraction of sp³-hybridized carbons (Fsp3) is 0.867. The molecule has 0 radical (unpaired) electrons. The van der Waals surface area contributed by atoms with Gasteiger partial charge in [-0.2, -0.15) is 0 Å². The van der Waals surface area contributed by atoms with Gasteiger partial charge in [0.25, 0.3) is 0 Å². The van der Waals surface area contributed by atoms with E-state index in [1.54, 1.807) is 7.11 Å². The molecule has 0 N–H and O–H groups in total. The second-order valence-electron chi connectivity index (χ2n) is 6.47. The molecule has 0 spiro atoms. The number of hydrogen-bond acceptors (Lipinski definition) is 3. The minimum atomic E-state index is -1.61. The second kappa shape index (κ2) is 8.90. The summed E-state index contributed by atoms with van der Waals surface area (Å²) < 4.78 is 16.7. The van der Waals surface area contributed by atoms with E-state index in [9.17, 15) is 0 Å². The molecule has 1 atom stereocenters. The second-order valence-corrected chi connectivity index (χ2v) is 11.3. The summed E-state index contributed by atoms with van der Waals surface area (Å²) in [6.45, 7) is 16.3. The number of hydrogen-bond donors (Lipinski definition) is 0. The number of rotatable bonds is 10. The third-order valence-corrected chi connectivity index (χ3v) is 8.33. The Morgan fingerprint density at radius 1 is 1.26 bits per heavy atom. The van der Waals surface area contributed by atoms with Gasteiger partial charge in [-0.05, 0) is 37.4 Å². The molecule has 4 heteroatoms. The van der Waals surface area contributed by atoms with Gasteiger partial charge in [-0.1, -0.05) is 26.8 Å². The van der Waals surface area contributed by atoms with Crippen LogP contribution in [0.25, 0.3) is 0 Å². The van der Waals surface area contributed by atoms with Gasteiger partial charge >= 0.3 is 0 Å². The third-order valence-electron chi connectivity index (χ3n) is 3.79. The van der Waals surface area contributed by atoms with Gasteiger partial charge < -0.3 is 13.9 Å². The number of ether oxygens (including phenoxy) is 2. The zero-order valence-electron chi connectivity index (χ0n) is 13.6. The molecule has 114 valence electrons. The van der Waals surface area contributed by atoms with Crippen molar-refractivity contribution in [3.05, 3.63) is 12.7 Å². The highest BCUT2D eigenvalue weighted by atomic mass is 28.4. The SMILES string of the molecule is C=CC[C@@H](CCCO[Si](C)(C)C(C)(C)C)OCOC. The Labute approximate surface area is 120 Å². The van der Waals surface area contributed by atoms with Crippen LogP contribution in [-0.2, 0) is 13.9 Å². The topological polar surface area (TPSA) is 27.7 Å².